The van der Waals surface area contributed by atoms with Crippen LogP contribution >= 0.6 is 0 Å². The third kappa shape index (κ3) is 4.32. The first kappa shape index (κ1) is 21.0. The molecule has 3 aromatic rings. The minimum Gasteiger partial charge on any atom is -0.493 e. The summed E-state index contributed by atoms with van der Waals surface area (Å²) in [5.74, 6) is 0.162. The number of carbonyl (C=O) groups is 1. The number of methoxy groups -OCH3 is 3. The van der Waals surface area contributed by atoms with Gasteiger partial charge in [0, 0.05) is 30.0 Å². The summed E-state index contributed by atoms with van der Waals surface area (Å²) in [6.45, 7) is 0. The van der Waals surface area contributed by atoms with Crippen LogP contribution in [-0.4, -0.2) is 37.4 Å². The highest BCUT2D eigenvalue weighted by molar-refractivity contribution is 5.76. The normalized spacial score (nSPS) is 11.7. The zero-order valence-corrected chi connectivity index (χ0v) is 17.2. The first-order valence-electron chi connectivity index (χ1n) is 9.40. The first-order chi connectivity index (χ1) is 14.5. The molecule has 30 heavy (non-hydrogen) atoms. The van der Waals surface area contributed by atoms with E-state index in [1.807, 2.05) is 30.3 Å². The number of carbonyl (C=O) groups excluding carboxylic acids is 1. The molecule has 2 aromatic carbocycles. The molecule has 0 aliphatic carbocycles. The summed E-state index contributed by atoms with van der Waals surface area (Å²) >= 11 is 0. The van der Waals surface area contributed by atoms with Crippen molar-refractivity contribution in [1.29, 1.82) is 0 Å². The molecule has 8 nitrogen and oxygen atoms in total. The van der Waals surface area contributed by atoms with E-state index in [4.69, 9.17) is 19.9 Å². The van der Waals surface area contributed by atoms with Gasteiger partial charge in [0.05, 0.1) is 21.3 Å². The fourth-order valence-corrected chi connectivity index (χ4v) is 3.60. The molecule has 0 aliphatic heterocycles. The molecule has 1 atom stereocenters. The van der Waals surface area contributed by atoms with Gasteiger partial charge in [-0.1, -0.05) is 30.3 Å². The average Bonchev–Trinajstić information content (AvgIpc) is 3.11. The predicted molar refractivity (Wildman–Crippen MR) is 112 cm³/mol. The van der Waals surface area contributed by atoms with E-state index in [-0.39, 0.29) is 12.0 Å². The van der Waals surface area contributed by atoms with Crippen molar-refractivity contribution in [1.82, 2.24) is 10.2 Å². The van der Waals surface area contributed by atoms with E-state index in [1.165, 1.54) is 21.3 Å². The van der Waals surface area contributed by atoms with E-state index in [9.17, 15) is 9.59 Å². The van der Waals surface area contributed by atoms with Crippen molar-refractivity contribution in [2.24, 2.45) is 5.73 Å². The smallest absolute Gasteiger partial charge is 0.267 e. The van der Waals surface area contributed by atoms with Gasteiger partial charge in [-0.05, 0) is 23.3 Å². The van der Waals surface area contributed by atoms with Crippen LogP contribution in [0.3, 0.4) is 0 Å². The molecule has 0 saturated heterocycles. The summed E-state index contributed by atoms with van der Waals surface area (Å²) in [7, 11) is 4.53. The second-order valence-corrected chi connectivity index (χ2v) is 6.82. The molecule has 0 spiro atoms. The number of primary amides is 1. The number of rotatable bonds is 9. The summed E-state index contributed by atoms with van der Waals surface area (Å²) in [5, 5.41) is 5.59. The number of ether oxygens (including phenoxy) is 3. The van der Waals surface area contributed by atoms with Crippen LogP contribution in [0.4, 0.5) is 0 Å². The minimum atomic E-state index is -0.593. The SMILES string of the molecule is COc1cc([C@H](CC(N)=O)c2c(Cc3ccccc3)[nH][nH]c2=O)cc(OC)c1OC. The van der Waals surface area contributed by atoms with Crippen molar-refractivity contribution >= 4 is 5.91 Å². The summed E-state index contributed by atoms with van der Waals surface area (Å²) in [5.41, 5.74) is 8.05. The maximum Gasteiger partial charge on any atom is 0.267 e. The number of aromatic nitrogens is 2. The van der Waals surface area contributed by atoms with Crippen molar-refractivity contribution in [2.45, 2.75) is 18.8 Å². The summed E-state index contributed by atoms with van der Waals surface area (Å²) in [6.07, 6.45) is 0.440. The summed E-state index contributed by atoms with van der Waals surface area (Å²) in [6, 6.07) is 13.2. The van der Waals surface area contributed by atoms with E-state index in [0.29, 0.717) is 40.5 Å². The monoisotopic (exact) mass is 411 g/mol. The van der Waals surface area contributed by atoms with Crippen molar-refractivity contribution in [2.75, 3.05) is 21.3 Å². The Labute approximate surface area is 174 Å². The van der Waals surface area contributed by atoms with E-state index in [1.54, 1.807) is 12.1 Å². The summed E-state index contributed by atoms with van der Waals surface area (Å²) < 4.78 is 16.2. The van der Waals surface area contributed by atoms with Crippen molar-refractivity contribution in [3.05, 3.63) is 75.2 Å². The molecule has 4 N–H and O–H groups in total. The molecule has 1 heterocycles. The van der Waals surface area contributed by atoms with Crippen LogP contribution in [0, 0.1) is 0 Å². The third-order valence-corrected chi connectivity index (χ3v) is 4.96. The molecule has 0 aliphatic rings. The quantitative estimate of drug-likeness (QED) is 0.499. The topological polar surface area (TPSA) is 119 Å². The zero-order valence-electron chi connectivity index (χ0n) is 17.2. The molecule has 158 valence electrons. The lowest BCUT2D eigenvalue weighted by molar-refractivity contribution is -0.118. The molecular weight excluding hydrogens is 386 g/mol. The van der Waals surface area contributed by atoms with Gasteiger partial charge in [0.15, 0.2) is 11.5 Å². The Morgan fingerprint density at radius 2 is 1.63 bits per heavy atom. The van der Waals surface area contributed by atoms with Gasteiger partial charge in [-0.15, -0.1) is 0 Å². The van der Waals surface area contributed by atoms with Gasteiger partial charge in [0.2, 0.25) is 11.7 Å². The molecule has 0 saturated carbocycles. The van der Waals surface area contributed by atoms with Gasteiger partial charge in [0.1, 0.15) is 0 Å². The van der Waals surface area contributed by atoms with E-state index in [0.717, 1.165) is 5.56 Å². The first-order valence-corrected chi connectivity index (χ1v) is 9.40. The Kier molecular flexibility index (Phi) is 6.46. The van der Waals surface area contributed by atoms with E-state index >= 15 is 0 Å². The standard InChI is InChI=1S/C22H25N3O5/c1-28-17-10-14(11-18(29-2)21(17)30-3)15(12-19(23)26)20-16(24-25-22(20)27)9-13-7-5-4-6-8-13/h4-8,10-11,15H,9,12H2,1-3H3,(H2,23,26)(H2,24,25,27)/t15-/m0/s1. The number of hydrogen-bond donors (Lipinski definition) is 3. The van der Waals surface area contributed by atoms with Crippen molar-refractivity contribution < 1.29 is 19.0 Å². The molecule has 3 rings (SSSR count). The number of H-pyrrole nitrogens is 2. The number of amides is 1. The minimum absolute atomic E-state index is 0.0542. The van der Waals surface area contributed by atoms with Gasteiger partial charge in [-0.2, -0.15) is 0 Å². The van der Waals surface area contributed by atoms with Crippen LogP contribution in [0.25, 0.3) is 0 Å². The molecular formula is C22H25N3O5. The summed E-state index contributed by atoms with van der Waals surface area (Å²) in [4.78, 5) is 24.6. The van der Waals surface area contributed by atoms with Crippen molar-refractivity contribution in [3.63, 3.8) is 0 Å². The van der Waals surface area contributed by atoms with Crippen LogP contribution in [-0.2, 0) is 11.2 Å². The van der Waals surface area contributed by atoms with Gasteiger partial charge in [-0.3, -0.25) is 14.7 Å². The Bertz CT molecular complexity index is 1050. The van der Waals surface area contributed by atoms with Crippen LogP contribution < -0.4 is 25.5 Å². The molecule has 1 aromatic heterocycles. The average molecular weight is 411 g/mol. The maximum atomic E-state index is 12.7. The molecule has 0 bridgehead atoms. The third-order valence-electron chi connectivity index (χ3n) is 4.96. The van der Waals surface area contributed by atoms with Crippen LogP contribution in [0.2, 0.25) is 0 Å². The molecule has 0 radical (unpaired) electrons. The van der Waals surface area contributed by atoms with Crippen LogP contribution in [0.5, 0.6) is 17.2 Å². The second kappa shape index (κ2) is 9.21. The Hall–Kier alpha value is -3.68. The lowest BCUT2D eigenvalue weighted by Gasteiger charge is -2.20. The van der Waals surface area contributed by atoms with Crippen molar-refractivity contribution in [3.8, 4) is 17.2 Å². The number of nitrogens with two attached hydrogens (primary N) is 1. The van der Waals surface area contributed by atoms with Gasteiger partial charge in [-0.25, -0.2) is 0 Å². The lowest BCUT2D eigenvalue weighted by Crippen LogP contribution is -2.21. The molecule has 8 heteroatoms. The highest BCUT2D eigenvalue weighted by Crippen LogP contribution is 2.42. The largest absolute Gasteiger partial charge is 0.493 e. The zero-order chi connectivity index (χ0) is 21.7. The molecule has 1 amide bonds. The van der Waals surface area contributed by atoms with Gasteiger partial charge >= 0.3 is 0 Å². The highest BCUT2D eigenvalue weighted by atomic mass is 16.5. The molecule has 0 fully saturated rings. The lowest BCUT2D eigenvalue weighted by atomic mass is 9.86. The van der Waals surface area contributed by atoms with E-state index in [2.05, 4.69) is 10.2 Å². The Balaban J connectivity index is 2.14. The Morgan fingerprint density at radius 1 is 1.00 bits per heavy atom. The fourth-order valence-electron chi connectivity index (χ4n) is 3.60. The number of benzene rings is 2. The molecule has 0 unspecified atom stereocenters. The predicted octanol–water partition coefficient (Wildman–Crippen LogP) is 2.33. The van der Waals surface area contributed by atoms with Gasteiger partial charge < -0.3 is 25.0 Å². The maximum absolute atomic E-state index is 12.7. The second-order valence-electron chi connectivity index (χ2n) is 6.82. The van der Waals surface area contributed by atoms with Crippen LogP contribution in [0.15, 0.2) is 47.3 Å². The van der Waals surface area contributed by atoms with Crippen LogP contribution in [0.1, 0.15) is 34.7 Å². The van der Waals surface area contributed by atoms with Gasteiger partial charge in [0.25, 0.3) is 5.56 Å². The fraction of sp³-hybridized carbons (Fsp3) is 0.273. The Morgan fingerprint density at radius 3 is 2.17 bits per heavy atom. The number of hydrogen-bond acceptors (Lipinski definition) is 5. The van der Waals surface area contributed by atoms with E-state index < -0.39 is 11.8 Å². The highest BCUT2D eigenvalue weighted by Gasteiger charge is 2.27. The number of nitrogens with one attached hydrogen (secondary N) is 2. The number of aromatic amines is 2.